The molecule has 3 fully saturated rings. The molecule has 8 nitrogen and oxygen atoms in total. The number of nitrogens with zero attached hydrogens (tertiary/aromatic N) is 4. The first-order valence-corrected chi connectivity index (χ1v) is 13.8. The zero-order valence-electron chi connectivity index (χ0n) is 19.7. The van der Waals surface area contributed by atoms with E-state index >= 15 is 0 Å². The van der Waals surface area contributed by atoms with E-state index in [0.717, 1.165) is 57.9 Å². The smallest absolute Gasteiger partial charge is 0.246 e. The van der Waals surface area contributed by atoms with Gasteiger partial charge in [0.1, 0.15) is 10.7 Å². The molecule has 3 heterocycles. The summed E-state index contributed by atoms with van der Waals surface area (Å²) in [7, 11) is -3.92. The molecule has 2 amide bonds. The molecular formula is C24H35FN4O4S. The van der Waals surface area contributed by atoms with Gasteiger partial charge in [-0.15, -0.1) is 0 Å². The summed E-state index contributed by atoms with van der Waals surface area (Å²) in [5.74, 6) is -0.462. The molecule has 0 radical (unpaired) electrons. The highest BCUT2D eigenvalue weighted by Gasteiger charge is 2.33. The Morgan fingerprint density at radius 3 is 2.06 bits per heavy atom. The van der Waals surface area contributed by atoms with Crippen molar-refractivity contribution in [1.82, 2.24) is 19.0 Å². The third-order valence-corrected chi connectivity index (χ3v) is 9.19. The van der Waals surface area contributed by atoms with Gasteiger partial charge in [-0.1, -0.05) is 25.0 Å². The Morgan fingerprint density at radius 1 is 0.824 bits per heavy atom. The molecule has 0 spiro atoms. The van der Waals surface area contributed by atoms with E-state index < -0.39 is 15.8 Å². The number of rotatable bonds is 5. The minimum atomic E-state index is -3.92. The van der Waals surface area contributed by atoms with Crippen LogP contribution in [0.2, 0.25) is 0 Å². The van der Waals surface area contributed by atoms with Crippen molar-refractivity contribution in [2.24, 2.45) is 5.92 Å². The Morgan fingerprint density at radius 2 is 1.44 bits per heavy atom. The van der Waals surface area contributed by atoms with Gasteiger partial charge in [0.2, 0.25) is 21.8 Å². The Hall–Kier alpha value is -2.04. The zero-order valence-corrected chi connectivity index (χ0v) is 20.5. The summed E-state index contributed by atoms with van der Waals surface area (Å²) in [6, 6.07) is 5.36. The summed E-state index contributed by atoms with van der Waals surface area (Å²) < 4.78 is 40.8. The number of piperidine rings is 1. The van der Waals surface area contributed by atoms with E-state index in [-0.39, 0.29) is 55.4 Å². The molecule has 1 aromatic rings. The van der Waals surface area contributed by atoms with E-state index in [1.165, 1.54) is 35.3 Å². The number of sulfonamides is 1. The predicted molar refractivity (Wildman–Crippen MR) is 126 cm³/mol. The summed E-state index contributed by atoms with van der Waals surface area (Å²) >= 11 is 0. The number of amides is 2. The van der Waals surface area contributed by atoms with Crippen molar-refractivity contribution in [2.75, 3.05) is 58.9 Å². The standard InChI is InChI=1S/C24H35FN4O4S/c25-21-7-3-4-8-22(21)34(32,33)29-17-15-27(16-18-29)23(30)19-26-13-9-20(10-14-26)24(31)28-11-5-1-2-6-12-28/h3-4,7-8,20H,1-2,5-6,9-19H2. The zero-order chi connectivity index (χ0) is 24.1. The molecule has 0 bridgehead atoms. The lowest BCUT2D eigenvalue weighted by molar-refractivity contribution is -0.137. The second kappa shape index (κ2) is 11.1. The third-order valence-electron chi connectivity index (χ3n) is 7.26. The van der Waals surface area contributed by atoms with E-state index in [1.54, 1.807) is 4.90 Å². The third kappa shape index (κ3) is 5.78. The second-order valence-electron chi connectivity index (χ2n) is 9.51. The van der Waals surface area contributed by atoms with E-state index in [0.29, 0.717) is 0 Å². The van der Waals surface area contributed by atoms with Crippen LogP contribution in [0.3, 0.4) is 0 Å². The first-order chi connectivity index (χ1) is 16.4. The van der Waals surface area contributed by atoms with E-state index in [2.05, 4.69) is 4.90 Å². The van der Waals surface area contributed by atoms with Crippen LogP contribution in [0.15, 0.2) is 29.2 Å². The van der Waals surface area contributed by atoms with Crippen LogP contribution in [-0.2, 0) is 19.6 Å². The average molecular weight is 495 g/mol. The number of carbonyl (C=O) groups excluding carboxylic acids is 2. The number of hydrogen-bond acceptors (Lipinski definition) is 5. The van der Waals surface area contributed by atoms with E-state index in [1.807, 2.05) is 4.90 Å². The first kappa shape index (κ1) is 25.1. The summed E-state index contributed by atoms with van der Waals surface area (Å²) in [4.78, 5) is 31.2. The second-order valence-corrected chi connectivity index (χ2v) is 11.4. The molecule has 188 valence electrons. The van der Waals surface area contributed by atoms with Gasteiger partial charge < -0.3 is 9.80 Å². The van der Waals surface area contributed by atoms with Gasteiger partial charge in [0.05, 0.1) is 6.54 Å². The fourth-order valence-electron chi connectivity index (χ4n) is 5.15. The number of benzene rings is 1. The molecule has 0 aliphatic carbocycles. The molecule has 0 unspecified atom stereocenters. The highest BCUT2D eigenvalue weighted by molar-refractivity contribution is 7.89. The van der Waals surface area contributed by atoms with Gasteiger partial charge in [0.15, 0.2) is 0 Å². The van der Waals surface area contributed by atoms with Gasteiger partial charge in [-0.2, -0.15) is 4.31 Å². The van der Waals surface area contributed by atoms with Gasteiger partial charge >= 0.3 is 0 Å². The molecular weight excluding hydrogens is 459 g/mol. The van der Waals surface area contributed by atoms with Crippen LogP contribution in [0.25, 0.3) is 0 Å². The van der Waals surface area contributed by atoms with Crippen molar-refractivity contribution in [3.63, 3.8) is 0 Å². The average Bonchev–Trinajstić information content (AvgIpc) is 3.14. The molecule has 3 saturated heterocycles. The van der Waals surface area contributed by atoms with Crippen LogP contribution in [-0.4, -0.2) is 98.1 Å². The molecule has 0 atom stereocenters. The molecule has 0 aromatic heterocycles. The van der Waals surface area contributed by atoms with E-state index in [9.17, 15) is 22.4 Å². The van der Waals surface area contributed by atoms with Crippen LogP contribution in [0, 0.1) is 11.7 Å². The molecule has 0 saturated carbocycles. The number of piperazine rings is 1. The number of carbonyl (C=O) groups is 2. The molecule has 1 aromatic carbocycles. The summed E-state index contributed by atoms with van der Waals surface area (Å²) in [5.41, 5.74) is 0. The van der Waals surface area contributed by atoms with Crippen LogP contribution in [0.5, 0.6) is 0 Å². The van der Waals surface area contributed by atoms with Crippen molar-refractivity contribution >= 4 is 21.8 Å². The maximum Gasteiger partial charge on any atom is 0.246 e. The molecule has 3 aliphatic heterocycles. The maximum absolute atomic E-state index is 14.0. The predicted octanol–water partition coefficient (Wildman–Crippen LogP) is 1.77. The lowest BCUT2D eigenvalue weighted by Crippen LogP contribution is -2.53. The van der Waals surface area contributed by atoms with Crippen molar-refractivity contribution < 1.29 is 22.4 Å². The normalized spacial score (nSPS) is 21.9. The van der Waals surface area contributed by atoms with E-state index in [4.69, 9.17) is 0 Å². The lowest BCUT2D eigenvalue weighted by atomic mass is 9.95. The number of halogens is 1. The van der Waals surface area contributed by atoms with Gasteiger partial charge in [-0.3, -0.25) is 14.5 Å². The van der Waals surface area contributed by atoms with Crippen LogP contribution in [0.1, 0.15) is 38.5 Å². The molecule has 3 aliphatic rings. The van der Waals surface area contributed by atoms with Crippen LogP contribution >= 0.6 is 0 Å². The van der Waals surface area contributed by atoms with Crippen molar-refractivity contribution in [3.05, 3.63) is 30.1 Å². The Kier molecular flexibility index (Phi) is 8.21. The fourth-order valence-corrected chi connectivity index (χ4v) is 6.64. The van der Waals surface area contributed by atoms with Crippen molar-refractivity contribution in [1.29, 1.82) is 0 Å². The summed E-state index contributed by atoms with van der Waals surface area (Å²) in [5, 5.41) is 0. The van der Waals surface area contributed by atoms with Gasteiger partial charge in [-0.25, -0.2) is 12.8 Å². The highest BCUT2D eigenvalue weighted by atomic mass is 32.2. The van der Waals surface area contributed by atoms with Crippen molar-refractivity contribution in [2.45, 2.75) is 43.4 Å². The lowest BCUT2D eigenvalue weighted by Gasteiger charge is -2.37. The highest BCUT2D eigenvalue weighted by Crippen LogP contribution is 2.23. The fraction of sp³-hybridized carbons (Fsp3) is 0.667. The Labute approximate surface area is 201 Å². The number of likely N-dealkylation sites (tertiary alicyclic amines) is 2. The molecule has 10 heteroatoms. The monoisotopic (exact) mass is 494 g/mol. The quantitative estimate of drug-likeness (QED) is 0.623. The van der Waals surface area contributed by atoms with Gasteiger partial charge in [-0.05, 0) is 50.9 Å². The topological polar surface area (TPSA) is 81.2 Å². The summed E-state index contributed by atoms with van der Waals surface area (Å²) in [6.45, 7) is 4.34. The van der Waals surface area contributed by atoms with Crippen LogP contribution < -0.4 is 0 Å². The summed E-state index contributed by atoms with van der Waals surface area (Å²) in [6.07, 6.45) is 6.14. The first-order valence-electron chi connectivity index (χ1n) is 12.4. The Balaban J connectivity index is 1.23. The van der Waals surface area contributed by atoms with Crippen LogP contribution in [0.4, 0.5) is 4.39 Å². The minimum absolute atomic E-state index is 0.0276. The molecule has 4 rings (SSSR count). The number of hydrogen-bond donors (Lipinski definition) is 0. The molecule has 34 heavy (non-hydrogen) atoms. The maximum atomic E-state index is 14.0. The largest absolute Gasteiger partial charge is 0.342 e. The van der Waals surface area contributed by atoms with Gasteiger partial charge in [0, 0.05) is 45.2 Å². The molecule has 0 N–H and O–H groups in total. The Bertz CT molecular complexity index is 965. The minimum Gasteiger partial charge on any atom is -0.342 e. The van der Waals surface area contributed by atoms with Gasteiger partial charge in [0.25, 0.3) is 0 Å². The SMILES string of the molecule is O=C(CN1CCC(C(=O)N2CCCCCC2)CC1)N1CCN(S(=O)(=O)c2ccccc2F)CC1. The van der Waals surface area contributed by atoms with Crippen molar-refractivity contribution in [3.8, 4) is 0 Å².